The minimum absolute atomic E-state index is 0. The molecule has 1 nitrogen and oxygen atoms in total. The average molecular weight is 498 g/mol. The molecule has 0 amide bonds. The largest absolute Gasteiger partial charge is 0.147 e. The van der Waals surface area contributed by atoms with E-state index in [0.29, 0.717) is 0 Å². The molecule has 2 rings (SSSR count). The Morgan fingerprint density at radius 1 is 0.962 bits per heavy atom. The molecule has 0 heterocycles. The Bertz CT molecular complexity index is 934. The molecule has 26 heavy (non-hydrogen) atoms. The van der Waals surface area contributed by atoms with E-state index < -0.39 is 11.8 Å². The van der Waals surface area contributed by atoms with Gasteiger partial charge in [-0.2, -0.15) is 0 Å². The number of nitrogens with one attached hydrogen (secondary N) is 1. The summed E-state index contributed by atoms with van der Waals surface area (Å²) >= 11 is -5.16. The van der Waals surface area contributed by atoms with E-state index >= 15 is 0 Å². The van der Waals surface area contributed by atoms with Gasteiger partial charge in [0.2, 0.25) is 0 Å². The predicted molar refractivity (Wildman–Crippen MR) is 129 cm³/mol. The molecule has 0 spiro atoms. The summed E-state index contributed by atoms with van der Waals surface area (Å²) < 4.78 is 20.9. The summed E-state index contributed by atoms with van der Waals surface area (Å²) in [7, 11) is 0. The standard InChI is InChI=1S/C10H14N.C5H5.6CH3.2ClH.H2Si.Zr/c1-2-3-4-9-5-7-10(11)8-6-9;1-2-4-5-3-1;;;;;;;;;;/h5-8,11H,2-4H2,1H3;1-3H,4H2;6*1H3;2*1H;1H2;/q-1;;;;;;;;;;;+1. The van der Waals surface area contributed by atoms with Crippen molar-refractivity contribution in [3.8, 4) is 0 Å². The molecule has 0 saturated carbocycles. The van der Waals surface area contributed by atoms with Gasteiger partial charge in [-0.05, 0) is 0 Å². The van der Waals surface area contributed by atoms with Crippen LogP contribution in [-0.4, -0.2) is 6.88 Å². The smallest absolute Gasteiger partial charge is 0.147 e. The molecule has 0 saturated heterocycles. The number of hydrogen-bond acceptors (Lipinski definition) is 1. The number of benzene rings is 1. The molecule has 1 aliphatic carbocycles. The first-order valence-corrected chi connectivity index (χ1v) is 32.8. The minimum atomic E-state index is -5.16. The van der Waals surface area contributed by atoms with Crippen molar-refractivity contribution in [1.29, 1.82) is 0 Å². The molecule has 0 radical (unpaired) electrons. The first kappa shape index (κ1) is 26.2. The van der Waals surface area contributed by atoms with Crippen LogP contribution in [0.3, 0.4) is 0 Å². The maximum absolute atomic E-state index is 5.16. The second-order valence-electron chi connectivity index (χ2n) is 17.3. The van der Waals surface area contributed by atoms with Gasteiger partial charge in [-0.15, -0.1) is 24.8 Å². The van der Waals surface area contributed by atoms with Gasteiger partial charge in [0.05, 0.1) is 0 Å². The molecular weight excluding hydrogens is 456 g/mol. The Morgan fingerprint density at radius 2 is 1.50 bits per heavy atom. The predicted octanol–water partition coefficient (Wildman–Crippen LogP) is 7.71. The Balaban J connectivity index is 0.00000312. The van der Waals surface area contributed by atoms with Crippen LogP contribution in [0.5, 0.6) is 0 Å². The molecule has 0 fully saturated rings. The van der Waals surface area contributed by atoms with Gasteiger partial charge < -0.3 is 0 Å². The summed E-state index contributed by atoms with van der Waals surface area (Å²) in [5.74, 6) is 0. The normalized spacial score (nSPS) is 21.8. The van der Waals surface area contributed by atoms with Crippen molar-refractivity contribution in [2.24, 2.45) is 0 Å². The van der Waals surface area contributed by atoms with Gasteiger partial charge in [0.1, 0.15) is 0 Å². The second-order valence-corrected chi connectivity index (χ2v) is 113. The van der Waals surface area contributed by atoms with Crippen molar-refractivity contribution in [2.45, 2.75) is 60.4 Å². The van der Waals surface area contributed by atoms with Gasteiger partial charge in [0.25, 0.3) is 0 Å². The topological polar surface area (TPSA) is 12.0 Å². The van der Waals surface area contributed by atoms with Crippen molar-refractivity contribution >= 4 is 37.4 Å². The fourth-order valence-electron chi connectivity index (χ4n) is 4.04. The minimum Gasteiger partial charge on any atom is -0.147 e. The quantitative estimate of drug-likeness (QED) is 0.397. The van der Waals surface area contributed by atoms with Crippen LogP contribution in [0, 0.1) is 0 Å². The SMILES string of the molecule is CCCCc1ccc([NH][Zr]([CH3])([CH3])([CH3])([CH3])([CH3])([CH3])(=[SiH2])[C]2=CC=CC2)cc1.Cl.Cl. The van der Waals surface area contributed by atoms with Crippen molar-refractivity contribution in [3.63, 3.8) is 0 Å². The molecule has 5 heteroatoms. The van der Waals surface area contributed by atoms with Gasteiger partial charge in [0.15, 0.2) is 0 Å². The Hall–Kier alpha value is 0.180. The van der Waals surface area contributed by atoms with Crippen LogP contribution in [0.1, 0.15) is 31.7 Å². The van der Waals surface area contributed by atoms with E-state index in [9.17, 15) is 0 Å². The zero-order valence-electron chi connectivity index (χ0n) is 17.9. The van der Waals surface area contributed by atoms with Crippen LogP contribution in [0.4, 0.5) is 5.69 Å². The van der Waals surface area contributed by atoms with Gasteiger partial charge in [-0.25, -0.2) is 0 Å². The third-order valence-corrected chi connectivity index (χ3v) is 27.1. The molecule has 1 aromatic carbocycles. The molecule has 1 aromatic rings. The number of rotatable bonds is 6. The number of anilines is 1. The van der Waals surface area contributed by atoms with Gasteiger partial charge >= 0.3 is 139 Å². The molecule has 0 aliphatic heterocycles. The van der Waals surface area contributed by atoms with E-state index in [1.807, 2.05) is 0 Å². The van der Waals surface area contributed by atoms with Crippen molar-refractivity contribution in [1.82, 2.24) is 0 Å². The molecule has 0 unspecified atom stereocenters. The maximum Gasteiger partial charge on any atom is -0.147 e. The number of aryl methyl sites for hydroxylation is 1. The maximum atomic E-state index is 4.19. The van der Waals surface area contributed by atoms with E-state index in [-0.39, 0.29) is 24.8 Å². The van der Waals surface area contributed by atoms with Gasteiger partial charge in [-0.3, -0.25) is 0 Å². The van der Waals surface area contributed by atoms with Crippen LogP contribution >= 0.6 is 24.8 Å². The zero-order chi connectivity index (χ0) is 18.6. The number of allylic oxidation sites excluding steroid dienone is 4. The molecule has 0 bridgehead atoms. The molecule has 0 aromatic heterocycles. The van der Waals surface area contributed by atoms with Crippen LogP contribution in [0.15, 0.2) is 45.8 Å². The van der Waals surface area contributed by atoms with Crippen LogP contribution < -0.4 is 3.26 Å². The Morgan fingerprint density at radius 3 is 1.92 bits per heavy atom. The van der Waals surface area contributed by atoms with Crippen molar-refractivity contribution < 1.29 is 11.8 Å². The van der Waals surface area contributed by atoms with Crippen molar-refractivity contribution in [3.05, 3.63) is 51.3 Å². The molecule has 1 aliphatic rings. The van der Waals surface area contributed by atoms with E-state index in [1.54, 1.807) is 3.28 Å². The second kappa shape index (κ2) is 4.50. The zero-order valence-corrected chi connectivity index (χ0v) is 23.4. The van der Waals surface area contributed by atoms with E-state index in [1.165, 1.54) is 30.5 Å². The van der Waals surface area contributed by atoms with Crippen LogP contribution in [0.2, 0.25) is 27.8 Å². The number of unbranched alkanes of at least 4 members (excludes halogenated alkanes) is 1. The number of hydrogen-bond donors (Lipinski definition) is 1. The van der Waals surface area contributed by atoms with Crippen LogP contribution in [0.25, 0.3) is 0 Å². The van der Waals surface area contributed by atoms with E-state index in [4.69, 9.17) is 0 Å². The monoisotopic (exact) mass is 495 g/mol. The van der Waals surface area contributed by atoms with Gasteiger partial charge in [-0.1, -0.05) is 0 Å². The first-order valence-electron chi connectivity index (χ1n) is 9.70. The molecule has 1 N–H and O–H groups in total. The summed E-state index contributed by atoms with van der Waals surface area (Å²) in [4.78, 5) is 0. The fraction of sp³-hybridized carbons (Fsp3) is 0.524. The summed E-state index contributed by atoms with van der Waals surface area (Å²) in [6.07, 6.45) is 11.6. The van der Waals surface area contributed by atoms with Crippen LogP contribution in [-0.2, 0) is 18.2 Å². The van der Waals surface area contributed by atoms with E-state index in [0.717, 1.165) is 6.42 Å². The van der Waals surface area contributed by atoms with Gasteiger partial charge in [0, 0.05) is 0 Å². The fourth-order valence-corrected chi connectivity index (χ4v) is 19.8. The number of halogens is 2. The average Bonchev–Trinajstić information content (AvgIpc) is 2.91. The van der Waals surface area contributed by atoms with E-state index in [2.05, 4.69) is 87.3 Å². The molecular formula is C21H41Cl2NSiZr. The molecule has 152 valence electrons. The first-order chi connectivity index (χ1) is 10.2. The Kier molecular flexibility index (Phi) is 4.53. The Labute approximate surface area is 163 Å². The molecule has 0 atom stereocenters. The summed E-state index contributed by atoms with van der Waals surface area (Å²) in [5.41, 5.74) is 2.66. The summed E-state index contributed by atoms with van der Waals surface area (Å²) in [6.45, 7) is 4.47. The van der Waals surface area contributed by atoms with Crippen molar-refractivity contribution in [2.75, 3.05) is 3.26 Å². The summed E-state index contributed by atoms with van der Waals surface area (Å²) in [6, 6.07) is 9.13. The third-order valence-electron chi connectivity index (χ3n) is 5.90. The summed E-state index contributed by atoms with van der Waals surface area (Å²) in [5, 5.41) is 0. The third kappa shape index (κ3) is 5.84.